The minimum atomic E-state index is -0.709. The van der Waals surface area contributed by atoms with E-state index in [-0.39, 0.29) is 5.54 Å². The Balaban J connectivity index is 2.07. The first kappa shape index (κ1) is 18.5. The van der Waals surface area contributed by atoms with Crippen LogP contribution in [0.5, 0.6) is 17.2 Å². The Morgan fingerprint density at radius 1 is 1.04 bits per heavy atom. The lowest BCUT2D eigenvalue weighted by molar-refractivity contribution is 0.0302. The minimum Gasteiger partial charge on any atom is -0.496 e. The number of hydrogen-bond donors (Lipinski definition) is 2. The summed E-state index contributed by atoms with van der Waals surface area (Å²) in [6.07, 6.45) is -1.20. The third-order valence-corrected chi connectivity index (χ3v) is 4.49. The van der Waals surface area contributed by atoms with Crippen molar-refractivity contribution in [3.8, 4) is 28.4 Å². The van der Waals surface area contributed by atoms with Gasteiger partial charge in [-0.15, -0.1) is 0 Å². The molecule has 0 aromatic heterocycles. The van der Waals surface area contributed by atoms with E-state index in [0.29, 0.717) is 18.0 Å². The van der Waals surface area contributed by atoms with E-state index in [1.165, 1.54) is 0 Å². The maximum absolute atomic E-state index is 10.8. The van der Waals surface area contributed by atoms with Gasteiger partial charge < -0.3 is 24.6 Å². The Bertz CT molecular complexity index is 782. The molecular weight excluding hydrogens is 330 g/mol. The monoisotopic (exact) mass is 357 g/mol. The maximum atomic E-state index is 10.8. The Labute approximate surface area is 154 Å². The molecule has 2 N–H and O–H groups in total. The summed E-state index contributed by atoms with van der Waals surface area (Å²) < 4.78 is 17.4. The number of aliphatic hydroxyl groups excluding tert-OH is 1. The molecule has 5 heteroatoms. The average molecular weight is 357 g/mol. The first-order valence-electron chi connectivity index (χ1n) is 8.79. The molecule has 0 spiro atoms. The van der Waals surface area contributed by atoms with Crippen LogP contribution in [-0.2, 0) is 0 Å². The zero-order valence-electron chi connectivity index (χ0n) is 16.0. The van der Waals surface area contributed by atoms with Gasteiger partial charge in [-0.1, -0.05) is 18.2 Å². The third-order valence-electron chi connectivity index (χ3n) is 4.49. The number of benzene rings is 2. The van der Waals surface area contributed by atoms with Crippen LogP contribution in [0.4, 0.5) is 0 Å². The summed E-state index contributed by atoms with van der Waals surface area (Å²) in [4.78, 5) is 0. The van der Waals surface area contributed by atoms with E-state index in [2.05, 4.69) is 26.1 Å². The van der Waals surface area contributed by atoms with Gasteiger partial charge in [0, 0.05) is 23.2 Å². The first-order chi connectivity index (χ1) is 12.4. The van der Waals surface area contributed by atoms with Crippen molar-refractivity contribution < 1.29 is 19.3 Å². The molecule has 0 aliphatic carbocycles. The van der Waals surface area contributed by atoms with Crippen LogP contribution in [0.2, 0.25) is 0 Å². The molecule has 0 bridgehead atoms. The van der Waals surface area contributed by atoms with Crippen molar-refractivity contribution in [2.75, 3.05) is 20.8 Å². The SMILES string of the molecule is COc1cccc2c1-c1c(OC)cccc1C(C(O)CNC(C)(C)C)O2. The van der Waals surface area contributed by atoms with Gasteiger partial charge in [-0.25, -0.2) is 0 Å². The van der Waals surface area contributed by atoms with E-state index in [1.54, 1.807) is 14.2 Å². The van der Waals surface area contributed by atoms with E-state index < -0.39 is 12.2 Å². The van der Waals surface area contributed by atoms with Crippen LogP contribution in [0.3, 0.4) is 0 Å². The van der Waals surface area contributed by atoms with Crippen LogP contribution in [-0.4, -0.2) is 37.5 Å². The first-order valence-corrected chi connectivity index (χ1v) is 8.79. The van der Waals surface area contributed by atoms with Gasteiger partial charge in [-0.2, -0.15) is 0 Å². The quantitative estimate of drug-likeness (QED) is 0.857. The number of ether oxygens (including phenoxy) is 3. The fraction of sp³-hybridized carbons (Fsp3) is 0.429. The highest BCUT2D eigenvalue weighted by Gasteiger charge is 2.35. The molecule has 2 atom stereocenters. The van der Waals surface area contributed by atoms with Crippen LogP contribution in [0.1, 0.15) is 32.4 Å². The number of aliphatic hydroxyl groups is 1. The molecular formula is C21H27NO4. The van der Waals surface area contributed by atoms with Gasteiger partial charge >= 0.3 is 0 Å². The van der Waals surface area contributed by atoms with Crippen LogP contribution in [0.15, 0.2) is 36.4 Å². The van der Waals surface area contributed by atoms with Crippen molar-refractivity contribution in [3.05, 3.63) is 42.0 Å². The molecule has 2 unspecified atom stereocenters. The van der Waals surface area contributed by atoms with E-state index in [1.807, 2.05) is 36.4 Å². The zero-order chi connectivity index (χ0) is 18.9. The summed E-state index contributed by atoms with van der Waals surface area (Å²) in [5, 5.41) is 14.2. The predicted octanol–water partition coefficient (Wildman–Crippen LogP) is 3.55. The number of hydrogen-bond acceptors (Lipinski definition) is 5. The summed E-state index contributed by atoms with van der Waals surface area (Å²) in [6.45, 7) is 6.62. The lowest BCUT2D eigenvalue weighted by atomic mass is 9.89. The zero-order valence-corrected chi connectivity index (χ0v) is 16.0. The van der Waals surface area contributed by atoms with E-state index >= 15 is 0 Å². The van der Waals surface area contributed by atoms with Gasteiger partial charge in [0.05, 0.1) is 19.8 Å². The maximum Gasteiger partial charge on any atom is 0.152 e. The van der Waals surface area contributed by atoms with Crippen molar-refractivity contribution >= 4 is 0 Å². The molecule has 0 fully saturated rings. The van der Waals surface area contributed by atoms with E-state index in [0.717, 1.165) is 22.4 Å². The molecule has 26 heavy (non-hydrogen) atoms. The van der Waals surface area contributed by atoms with Gasteiger partial charge in [0.25, 0.3) is 0 Å². The second-order valence-corrected chi connectivity index (χ2v) is 7.49. The molecule has 5 nitrogen and oxygen atoms in total. The molecule has 3 rings (SSSR count). The fourth-order valence-corrected chi connectivity index (χ4v) is 3.25. The highest BCUT2D eigenvalue weighted by Crippen LogP contribution is 2.51. The van der Waals surface area contributed by atoms with Crippen molar-refractivity contribution in [1.82, 2.24) is 5.32 Å². The summed E-state index contributed by atoms with van der Waals surface area (Å²) in [5.41, 5.74) is 2.57. The van der Waals surface area contributed by atoms with Gasteiger partial charge in [0.15, 0.2) is 6.10 Å². The normalized spacial score (nSPS) is 16.9. The van der Waals surface area contributed by atoms with Gasteiger partial charge in [0.1, 0.15) is 23.4 Å². The number of rotatable bonds is 5. The molecule has 0 radical (unpaired) electrons. The Kier molecular flexibility index (Phi) is 5.12. The molecule has 1 heterocycles. The third kappa shape index (κ3) is 3.50. The second kappa shape index (κ2) is 7.17. The van der Waals surface area contributed by atoms with Gasteiger partial charge in [-0.05, 0) is 39.0 Å². The number of methoxy groups -OCH3 is 2. The Hall–Kier alpha value is -2.24. The van der Waals surface area contributed by atoms with Crippen LogP contribution >= 0.6 is 0 Å². The van der Waals surface area contributed by atoms with E-state index in [4.69, 9.17) is 14.2 Å². The Morgan fingerprint density at radius 2 is 1.65 bits per heavy atom. The minimum absolute atomic E-state index is 0.0893. The van der Waals surface area contributed by atoms with Gasteiger partial charge in [-0.3, -0.25) is 0 Å². The molecule has 2 aromatic rings. The molecule has 1 aliphatic heterocycles. The highest BCUT2D eigenvalue weighted by atomic mass is 16.5. The van der Waals surface area contributed by atoms with Crippen molar-refractivity contribution in [2.45, 2.75) is 38.5 Å². The molecule has 0 amide bonds. The average Bonchev–Trinajstić information content (AvgIpc) is 2.63. The van der Waals surface area contributed by atoms with Crippen LogP contribution < -0.4 is 19.5 Å². The van der Waals surface area contributed by atoms with Crippen molar-refractivity contribution in [1.29, 1.82) is 0 Å². The highest BCUT2D eigenvalue weighted by molar-refractivity contribution is 5.85. The van der Waals surface area contributed by atoms with Crippen LogP contribution in [0.25, 0.3) is 11.1 Å². The summed E-state index contributed by atoms with van der Waals surface area (Å²) in [5.74, 6) is 2.13. The predicted molar refractivity (Wildman–Crippen MR) is 102 cm³/mol. The fourth-order valence-electron chi connectivity index (χ4n) is 3.25. The smallest absolute Gasteiger partial charge is 0.152 e. The summed E-state index contributed by atoms with van der Waals surface area (Å²) in [6, 6.07) is 11.5. The second-order valence-electron chi connectivity index (χ2n) is 7.49. The molecule has 140 valence electrons. The number of β-amino-alcohol motifs (C(OH)–C–C–N with tert-alkyl or cyclic N) is 1. The Morgan fingerprint density at radius 3 is 2.27 bits per heavy atom. The molecule has 1 aliphatic rings. The van der Waals surface area contributed by atoms with Crippen molar-refractivity contribution in [3.63, 3.8) is 0 Å². The molecule has 0 saturated carbocycles. The summed E-state index contributed by atoms with van der Waals surface area (Å²) >= 11 is 0. The lowest BCUT2D eigenvalue weighted by Gasteiger charge is -2.34. The number of fused-ring (bicyclic) bond motifs is 3. The van der Waals surface area contributed by atoms with Gasteiger partial charge in [0.2, 0.25) is 0 Å². The van der Waals surface area contributed by atoms with Crippen LogP contribution in [0, 0.1) is 0 Å². The topological polar surface area (TPSA) is 60.0 Å². The van der Waals surface area contributed by atoms with Crippen molar-refractivity contribution in [2.24, 2.45) is 0 Å². The number of nitrogens with one attached hydrogen (secondary N) is 1. The lowest BCUT2D eigenvalue weighted by Crippen LogP contribution is -2.44. The molecule has 0 saturated heterocycles. The standard InChI is InChI=1S/C21H27NO4/c1-21(2,3)22-12-14(23)20-13-8-6-9-15(24-4)18(13)19-16(25-5)10-7-11-17(19)26-20/h6-11,14,20,22-23H,12H2,1-5H3. The van der Waals surface area contributed by atoms with E-state index in [9.17, 15) is 5.11 Å². The molecule has 2 aromatic carbocycles. The largest absolute Gasteiger partial charge is 0.496 e. The summed E-state index contributed by atoms with van der Waals surface area (Å²) in [7, 11) is 3.28.